The minimum Gasteiger partial charge on any atom is -0.368 e. The molecule has 0 radical (unpaired) electrons. The normalized spacial score (nSPS) is 16.6. The zero-order chi connectivity index (χ0) is 16.4. The van der Waals surface area contributed by atoms with Gasteiger partial charge in [-0.25, -0.2) is 4.68 Å². The summed E-state index contributed by atoms with van der Waals surface area (Å²) in [6.45, 7) is 1.43. The summed E-state index contributed by atoms with van der Waals surface area (Å²) < 4.78 is 7.73. The summed E-state index contributed by atoms with van der Waals surface area (Å²) in [6.07, 6.45) is 1.60. The molecule has 0 saturated heterocycles. The number of benzene rings is 1. The summed E-state index contributed by atoms with van der Waals surface area (Å²) in [5.41, 5.74) is 3.39. The van der Waals surface area contributed by atoms with Crippen molar-refractivity contribution in [1.29, 1.82) is 0 Å². The molecule has 0 spiro atoms. The lowest BCUT2D eigenvalue weighted by molar-refractivity contribution is 0.00174. The van der Waals surface area contributed by atoms with Crippen molar-refractivity contribution in [2.45, 2.75) is 19.3 Å². The number of fused-ring (bicyclic) bond motifs is 1. The SMILES string of the molecule is O=C(NC[C@@H]1Cn2nnc(-c3ccccc3)c2CO1)c1ccc[nH]1. The predicted octanol–water partition coefficient (Wildman–Crippen LogP) is 1.60. The molecule has 0 bridgehead atoms. The van der Waals surface area contributed by atoms with Crippen molar-refractivity contribution in [3.63, 3.8) is 0 Å². The first-order valence-corrected chi connectivity index (χ1v) is 7.82. The molecule has 4 rings (SSSR count). The zero-order valence-electron chi connectivity index (χ0n) is 13.0. The second-order valence-corrected chi connectivity index (χ2v) is 5.66. The summed E-state index contributed by atoms with van der Waals surface area (Å²) >= 11 is 0. The molecular weight excluding hydrogens is 306 g/mol. The van der Waals surface area contributed by atoms with E-state index in [-0.39, 0.29) is 12.0 Å². The van der Waals surface area contributed by atoms with Crippen molar-refractivity contribution >= 4 is 5.91 Å². The predicted molar refractivity (Wildman–Crippen MR) is 87.2 cm³/mol. The third kappa shape index (κ3) is 2.81. The Labute approximate surface area is 138 Å². The highest BCUT2D eigenvalue weighted by Crippen LogP contribution is 2.24. The van der Waals surface area contributed by atoms with Crippen molar-refractivity contribution in [2.24, 2.45) is 0 Å². The number of hydrogen-bond acceptors (Lipinski definition) is 4. The van der Waals surface area contributed by atoms with Gasteiger partial charge in [-0.3, -0.25) is 4.79 Å². The second kappa shape index (κ2) is 6.29. The monoisotopic (exact) mass is 323 g/mol. The lowest BCUT2D eigenvalue weighted by Gasteiger charge is -2.24. The first kappa shape index (κ1) is 14.6. The largest absolute Gasteiger partial charge is 0.368 e. The highest BCUT2D eigenvalue weighted by Gasteiger charge is 2.24. The van der Waals surface area contributed by atoms with Crippen LogP contribution in [0.25, 0.3) is 11.3 Å². The number of carbonyl (C=O) groups is 1. The number of rotatable bonds is 4. The Bertz CT molecular complexity index is 826. The summed E-state index contributed by atoms with van der Waals surface area (Å²) in [4.78, 5) is 14.8. The van der Waals surface area contributed by atoms with Gasteiger partial charge in [0.1, 0.15) is 11.4 Å². The second-order valence-electron chi connectivity index (χ2n) is 5.66. The molecule has 1 aromatic carbocycles. The number of H-pyrrole nitrogens is 1. The van der Waals surface area contributed by atoms with Gasteiger partial charge in [0.2, 0.25) is 0 Å². The number of hydrogen-bond donors (Lipinski definition) is 2. The van der Waals surface area contributed by atoms with Gasteiger partial charge in [-0.15, -0.1) is 5.10 Å². The molecule has 1 aliphatic heterocycles. The summed E-state index contributed by atoms with van der Waals surface area (Å²) in [6, 6.07) is 13.5. The molecule has 122 valence electrons. The molecule has 0 aliphatic carbocycles. The van der Waals surface area contributed by atoms with E-state index in [2.05, 4.69) is 20.6 Å². The van der Waals surface area contributed by atoms with E-state index in [1.807, 2.05) is 35.0 Å². The molecule has 1 atom stereocenters. The Morgan fingerprint density at radius 3 is 2.96 bits per heavy atom. The first-order chi connectivity index (χ1) is 11.8. The van der Waals surface area contributed by atoms with Crippen LogP contribution in [0.5, 0.6) is 0 Å². The van der Waals surface area contributed by atoms with Gasteiger partial charge in [-0.2, -0.15) is 0 Å². The molecule has 2 N–H and O–H groups in total. The fraction of sp³-hybridized carbons (Fsp3) is 0.235. The van der Waals surface area contributed by atoms with Gasteiger partial charge >= 0.3 is 0 Å². The van der Waals surface area contributed by atoms with E-state index < -0.39 is 0 Å². The van der Waals surface area contributed by atoms with Crippen molar-refractivity contribution in [3.05, 3.63) is 60.0 Å². The van der Waals surface area contributed by atoms with E-state index >= 15 is 0 Å². The van der Waals surface area contributed by atoms with Crippen LogP contribution in [0.1, 0.15) is 16.2 Å². The number of ether oxygens (including phenoxy) is 1. The van der Waals surface area contributed by atoms with Crippen LogP contribution < -0.4 is 5.32 Å². The van der Waals surface area contributed by atoms with Gasteiger partial charge in [0.25, 0.3) is 5.91 Å². The van der Waals surface area contributed by atoms with E-state index in [1.54, 1.807) is 18.3 Å². The van der Waals surface area contributed by atoms with Gasteiger partial charge in [0, 0.05) is 18.3 Å². The maximum Gasteiger partial charge on any atom is 0.267 e. The van der Waals surface area contributed by atoms with Crippen LogP contribution in [0.15, 0.2) is 48.7 Å². The lowest BCUT2D eigenvalue weighted by atomic mass is 10.1. The Kier molecular flexibility index (Phi) is 3.84. The third-order valence-electron chi connectivity index (χ3n) is 4.05. The van der Waals surface area contributed by atoms with E-state index in [9.17, 15) is 4.79 Å². The molecule has 1 amide bonds. The number of carbonyl (C=O) groups excluding carboxylic acids is 1. The number of aromatic nitrogens is 4. The van der Waals surface area contributed by atoms with Gasteiger partial charge in [-0.05, 0) is 12.1 Å². The quantitative estimate of drug-likeness (QED) is 0.764. The Morgan fingerprint density at radius 2 is 2.17 bits per heavy atom. The van der Waals surface area contributed by atoms with E-state index in [4.69, 9.17) is 4.74 Å². The number of nitrogens with zero attached hydrogens (tertiary/aromatic N) is 3. The number of aromatic amines is 1. The molecular formula is C17H17N5O2. The smallest absolute Gasteiger partial charge is 0.267 e. The summed E-state index contributed by atoms with van der Waals surface area (Å²) in [5, 5.41) is 11.4. The number of amides is 1. The van der Waals surface area contributed by atoms with Gasteiger partial charge in [0.05, 0.1) is 24.9 Å². The summed E-state index contributed by atoms with van der Waals surface area (Å²) in [7, 11) is 0. The molecule has 3 aromatic rings. The topological polar surface area (TPSA) is 84.8 Å². The molecule has 1 aliphatic rings. The Balaban J connectivity index is 1.42. The standard InChI is InChI=1S/C17H17N5O2/c23-17(14-7-4-8-18-14)19-9-13-10-22-15(11-24-13)16(20-21-22)12-5-2-1-3-6-12/h1-8,13,18H,9-11H2,(H,19,23)/t13-/m1/s1. The minimum atomic E-state index is -0.141. The molecule has 24 heavy (non-hydrogen) atoms. The highest BCUT2D eigenvalue weighted by atomic mass is 16.5. The van der Waals surface area contributed by atoms with E-state index in [1.165, 1.54) is 0 Å². The van der Waals surface area contributed by atoms with Crippen LogP contribution in [0.2, 0.25) is 0 Å². The van der Waals surface area contributed by atoms with Crippen molar-refractivity contribution in [3.8, 4) is 11.3 Å². The molecule has 3 heterocycles. The third-order valence-corrected chi connectivity index (χ3v) is 4.05. The van der Waals surface area contributed by atoms with E-state index in [0.717, 1.165) is 17.0 Å². The van der Waals surface area contributed by atoms with Crippen LogP contribution in [0.3, 0.4) is 0 Å². The minimum absolute atomic E-state index is 0.123. The van der Waals surface area contributed by atoms with Crippen molar-refractivity contribution in [2.75, 3.05) is 6.54 Å². The Morgan fingerprint density at radius 1 is 1.29 bits per heavy atom. The molecule has 0 saturated carbocycles. The Hall–Kier alpha value is -2.93. The van der Waals surface area contributed by atoms with Crippen LogP contribution in [0, 0.1) is 0 Å². The maximum absolute atomic E-state index is 12.0. The molecule has 2 aromatic heterocycles. The zero-order valence-corrected chi connectivity index (χ0v) is 13.0. The maximum atomic E-state index is 12.0. The highest BCUT2D eigenvalue weighted by molar-refractivity contribution is 5.92. The lowest BCUT2D eigenvalue weighted by Crippen LogP contribution is -2.39. The van der Waals surface area contributed by atoms with Crippen LogP contribution in [0.4, 0.5) is 0 Å². The van der Waals surface area contributed by atoms with Crippen molar-refractivity contribution in [1.82, 2.24) is 25.3 Å². The fourth-order valence-electron chi connectivity index (χ4n) is 2.78. The van der Waals surface area contributed by atoms with Crippen LogP contribution in [-0.2, 0) is 17.9 Å². The van der Waals surface area contributed by atoms with Crippen LogP contribution >= 0.6 is 0 Å². The van der Waals surface area contributed by atoms with Gasteiger partial charge in [0.15, 0.2) is 0 Å². The summed E-state index contributed by atoms with van der Waals surface area (Å²) in [5.74, 6) is -0.141. The fourth-order valence-corrected chi connectivity index (χ4v) is 2.78. The molecule has 0 fully saturated rings. The number of nitrogens with one attached hydrogen (secondary N) is 2. The van der Waals surface area contributed by atoms with Crippen molar-refractivity contribution < 1.29 is 9.53 Å². The van der Waals surface area contributed by atoms with Gasteiger partial charge < -0.3 is 15.0 Å². The van der Waals surface area contributed by atoms with E-state index in [0.29, 0.717) is 25.4 Å². The average molecular weight is 323 g/mol. The molecule has 7 nitrogen and oxygen atoms in total. The molecule has 0 unspecified atom stereocenters. The first-order valence-electron chi connectivity index (χ1n) is 7.82. The van der Waals surface area contributed by atoms with Crippen LogP contribution in [-0.4, -0.2) is 38.5 Å². The average Bonchev–Trinajstić information content (AvgIpc) is 3.30. The van der Waals surface area contributed by atoms with Gasteiger partial charge in [-0.1, -0.05) is 35.5 Å². The molecule has 7 heteroatoms.